The van der Waals surface area contributed by atoms with Gasteiger partial charge in [-0.25, -0.2) is 0 Å². The van der Waals surface area contributed by atoms with E-state index in [0.29, 0.717) is 31.3 Å². The van der Waals surface area contributed by atoms with E-state index < -0.39 is 17.1 Å². The molecule has 0 heterocycles. The second kappa shape index (κ2) is 9.10. The van der Waals surface area contributed by atoms with Crippen LogP contribution in [-0.4, -0.2) is 43.5 Å². The Kier molecular flexibility index (Phi) is 7.70. The smallest absolute Gasteiger partial charge is 0.417 e. The van der Waals surface area contributed by atoms with Crippen molar-refractivity contribution in [1.29, 1.82) is 0 Å². The third kappa shape index (κ3) is 4.22. The van der Waals surface area contributed by atoms with Crippen LogP contribution in [0.5, 0.6) is 0 Å². The molecule has 140 valence electrons. The van der Waals surface area contributed by atoms with Gasteiger partial charge >= 0.3 is 8.80 Å². The summed E-state index contributed by atoms with van der Waals surface area (Å²) >= 11 is 0. The number of rotatable bonds is 12. The van der Waals surface area contributed by atoms with Crippen LogP contribution in [0.3, 0.4) is 0 Å². The molecule has 24 heavy (non-hydrogen) atoms. The van der Waals surface area contributed by atoms with E-state index in [2.05, 4.69) is 26.0 Å². The van der Waals surface area contributed by atoms with Crippen molar-refractivity contribution in [1.82, 2.24) is 0 Å². The van der Waals surface area contributed by atoms with Crippen molar-refractivity contribution in [3.63, 3.8) is 0 Å². The molecule has 0 amide bonds. The fourth-order valence-electron chi connectivity index (χ4n) is 4.76. The number of allylic oxidation sites excluding steroid dienone is 2. The summed E-state index contributed by atoms with van der Waals surface area (Å²) in [4.78, 5) is 0. The average molecular weight is 373 g/mol. The molecule has 0 N–H and O–H groups in total. The SMILES string of the molecule is CCO[Si](C[Si](CC)(OCC)C1CC2C=CC1C2)(OCC)OCC. The van der Waals surface area contributed by atoms with Crippen LogP contribution in [0.1, 0.15) is 47.5 Å². The first-order valence-electron chi connectivity index (χ1n) is 9.82. The van der Waals surface area contributed by atoms with Crippen molar-refractivity contribution in [3.8, 4) is 0 Å². The van der Waals surface area contributed by atoms with Crippen molar-refractivity contribution in [2.45, 2.75) is 64.7 Å². The summed E-state index contributed by atoms with van der Waals surface area (Å²) in [5.41, 5.74) is 1.59. The van der Waals surface area contributed by atoms with Crippen LogP contribution in [0, 0.1) is 11.8 Å². The largest absolute Gasteiger partial charge is 0.500 e. The Morgan fingerprint density at radius 2 is 1.38 bits per heavy atom. The molecule has 0 aromatic carbocycles. The monoisotopic (exact) mass is 372 g/mol. The Morgan fingerprint density at radius 3 is 1.75 bits per heavy atom. The highest BCUT2D eigenvalue weighted by atomic mass is 28.4. The van der Waals surface area contributed by atoms with Gasteiger partial charge in [0.1, 0.15) is 0 Å². The summed E-state index contributed by atoms with van der Waals surface area (Å²) in [6.45, 7) is 13.3. The maximum Gasteiger partial charge on any atom is 0.500 e. The molecule has 6 heteroatoms. The molecule has 0 saturated heterocycles. The van der Waals surface area contributed by atoms with E-state index >= 15 is 0 Å². The molecule has 4 unspecified atom stereocenters. The zero-order valence-corrected chi connectivity index (χ0v) is 18.2. The Labute approximate surface area is 150 Å². The van der Waals surface area contributed by atoms with Gasteiger partial charge in [0.25, 0.3) is 0 Å². The van der Waals surface area contributed by atoms with Gasteiger partial charge < -0.3 is 17.7 Å². The molecule has 2 rings (SSSR count). The average Bonchev–Trinajstić information content (AvgIpc) is 3.18. The number of fused-ring (bicyclic) bond motifs is 2. The first kappa shape index (κ1) is 20.3. The summed E-state index contributed by atoms with van der Waals surface area (Å²) < 4.78 is 25.2. The molecule has 4 atom stereocenters. The molecule has 1 saturated carbocycles. The van der Waals surface area contributed by atoms with Crippen LogP contribution in [0.15, 0.2) is 12.2 Å². The summed E-state index contributed by atoms with van der Waals surface area (Å²) in [6, 6.07) is 1.12. The normalized spacial score (nSPS) is 28.5. The third-order valence-electron chi connectivity index (χ3n) is 5.59. The molecule has 2 aliphatic rings. The molecule has 1 fully saturated rings. The van der Waals surface area contributed by atoms with Crippen LogP contribution >= 0.6 is 0 Å². The van der Waals surface area contributed by atoms with Crippen molar-refractivity contribution in [2.75, 3.05) is 26.4 Å². The van der Waals surface area contributed by atoms with E-state index in [1.54, 1.807) is 0 Å². The fourth-order valence-corrected chi connectivity index (χ4v) is 16.2. The summed E-state index contributed by atoms with van der Waals surface area (Å²) in [6.07, 6.45) is 7.47. The maximum absolute atomic E-state index is 6.61. The van der Waals surface area contributed by atoms with E-state index in [0.717, 1.165) is 24.2 Å². The molecule has 2 bridgehead atoms. The maximum atomic E-state index is 6.61. The Bertz CT molecular complexity index is 401. The van der Waals surface area contributed by atoms with Gasteiger partial charge in [0.05, 0.1) is 0 Å². The predicted octanol–water partition coefficient (Wildman–Crippen LogP) is 4.54. The van der Waals surface area contributed by atoms with E-state index in [-0.39, 0.29) is 0 Å². The van der Waals surface area contributed by atoms with Gasteiger partial charge in [-0.2, -0.15) is 0 Å². The second-order valence-electron chi connectivity index (χ2n) is 6.90. The van der Waals surface area contributed by atoms with Gasteiger partial charge in [-0.1, -0.05) is 19.1 Å². The molecule has 0 aromatic rings. The van der Waals surface area contributed by atoms with Gasteiger partial charge in [-0.05, 0) is 64.0 Å². The van der Waals surface area contributed by atoms with Crippen molar-refractivity contribution >= 4 is 17.1 Å². The lowest BCUT2D eigenvalue weighted by Crippen LogP contribution is -2.57. The molecular formula is C18H36O4Si2. The quantitative estimate of drug-likeness (QED) is 0.372. The van der Waals surface area contributed by atoms with E-state index in [4.69, 9.17) is 17.7 Å². The highest BCUT2D eigenvalue weighted by Gasteiger charge is 2.58. The minimum Gasteiger partial charge on any atom is -0.417 e. The Morgan fingerprint density at radius 1 is 0.792 bits per heavy atom. The first-order valence-corrected chi connectivity index (χ1v) is 14.2. The number of hydrogen-bond donors (Lipinski definition) is 0. The lowest BCUT2D eigenvalue weighted by atomic mass is 10.1. The molecule has 0 radical (unpaired) electrons. The van der Waals surface area contributed by atoms with Crippen molar-refractivity contribution in [2.24, 2.45) is 11.8 Å². The lowest BCUT2D eigenvalue weighted by molar-refractivity contribution is 0.0737. The van der Waals surface area contributed by atoms with Crippen LogP contribution in [0.25, 0.3) is 0 Å². The van der Waals surface area contributed by atoms with Crippen LogP contribution in [0.2, 0.25) is 17.3 Å². The fraction of sp³-hybridized carbons (Fsp3) is 0.889. The summed E-state index contributed by atoms with van der Waals surface area (Å²) in [5, 5.41) is 0. The topological polar surface area (TPSA) is 36.9 Å². The standard InChI is InChI=1S/C18H36O4Si2/c1-6-19-23(10-5,18-14-16-11-12-17(18)13-16)15-24(20-7-2,21-8-3)22-9-4/h11-12,16-18H,6-10,13-15H2,1-5H3. The van der Waals surface area contributed by atoms with Gasteiger partial charge in [-0.3, -0.25) is 0 Å². The molecule has 2 aliphatic carbocycles. The predicted molar refractivity (Wildman–Crippen MR) is 102 cm³/mol. The molecular weight excluding hydrogens is 336 g/mol. The van der Waals surface area contributed by atoms with E-state index in [9.17, 15) is 0 Å². The second-order valence-corrected chi connectivity index (χ2v) is 14.4. The van der Waals surface area contributed by atoms with E-state index in [1.165, 1.54) is 12.8 Å². The third-order valence-corrected chi connectivity index (χ3v) is 16.0. The van der Waals surface area contributed by atoms with E-state index in [1.807, 2.05) is 20.8 Å². The number of hydrogen-bond acceptors (Lipinski definition) is 4. The highest BCUT2D eigenvalue weighted by Crippen LogP contribution is 2.54. The van der Waals surface area contributed by atoms with Crippen molar-refractivity contribution in [3.05, 3.63) is 12.2 Å². The van der Waals surface area contributed by atoms with Gasteiger partial charge in [0.15, 0.2) is 0 Å². The zero-order chi connectivity index (χ0) is 17.6. The van der Waals surface area contributed by atoms with Gasteiger partial charge in [0.2, 0.25) is 8.32 Å². The summed E-state index contributed by atoms with van der Waals surface area (Å²) in [7, 11) is -4.67. The van der Waals surface area contributed by atoms with Crippen molar-refractivity contribution < 1.29 is 17.7 Å². The molecule has 4 nitrogen and oxygen atoms in total. The van der Waals surface area contributed by atoms with Gasteiger partial charge in [0, 0.05) is 32.1 Å². The Hall–Kier alpha value is 0.0138. The zero-order valence-electron chi connectivity index (χ0n) is 16.2. The lowest BCUT2D eigenvalue weighted by Gasteiger charge is -2.43. The minimum absolute atomic E-state index is 0.642. The minimum atomic E-state index is -2.67. The Balaban J connectivity index is 2.29. The molecule has 0 aromatic heterocycles. The van der Waals surface area contributed by atoms with Crippen LogP contribution in [0.4, 0.5) is 0 Å². The van der Waals surface area contributed by atoms with Crippen LogP contribution in [-0.2, 0) is 17.7 Å². The highest BCUT2D eigenvalue weighted by molar-refractivity contribution is 6.88. The molecule has 0 aliphatic heterocycles. The van der Waals surface area contributed by atoms with Crippen LogP contribution < -0.4 is 0 Å². The summed E-state index contributed by atoms with van der Waals surface area (Å²) in [5.74, 6) is 1.46. The molecule has 0 spiro atoms. The first-order chi connectivity index (χ1) is 11.6. The van der Waals surface area contributed by atoms with Gasteiger partial charge in [-0.15, -0.1) is 0 Å².